The van der Waals surface area contributed by atoms with E-state index >= 15 is 0 Å². The molecule has 19 heteroatoms. The average molecular weight is 676 g/mol. The van der Waals surface area contributed by atoms with Gasteiger partial charge in [-0.1, -0.05) is 24.3 Å². The first kappa shape index (κ1) is 33.7. The standard InChI is InChI=1S/C30H29N9O10/c1-14-10-37(28(47)36-22(14)40)11-17(31)23(41)32-20(12-38-25(43)15-6-2-4-8-18(15)34-29(38)48)24(42)33-21(27(45)46)13-39-26(44)16-7-3-5-9-19(16)35-30(39)49/h2-10,17,20-21H,11-13,31H2,1H3,(H,32,41)(H,33,42)(H,34,48)(H,35,49)(H,45,46)(H,36,40,47)/t17-,20-,21-/m1/s1. The van der Waals surface area contributed by atoms with Crippen LogP contribution < -0.4 is 50.1 Å². The van der Waals surface area contributed by atoms with Gasteiger partial charge in [0.2, 0.25) is 11.8 Å². The second kappa shape index (κ2) is 13.6. The molecule has 3 atom stereocenters. The van der Waals surface area contributed by atoms with Crippen LogP contribution in [-0.2, 0) is 34.0 Å². The van der Waals surface area contributed by atoms with E-state index in [1.54, 1.807) is 12.1 Å². The van der Waals surface area contributed by atoms with Crippen molar-refractivity contribution in [1.29, 1.82) is 0 Å². The molecule has 5 aromatic rings. The second-order valence-corrected chi connectivity index (χ2v) is 11.1. The molecule has 0 aliphatic carbocycles. The van der Waals surface area contributed by atoms with Gasteiger partial charge in [0, 0.05) is 11.8 Å². The van der Waals surface area contributed by atoms with Crippen molar-refractivity contribution in [1.82, 2.24) is 39.3 Å². The van der Waals surface area contributed by atoms with E-state index in [0.29, 0.717) is 9.13 Å². The van der Waals surface area contributed by atoms with Gasteiger partial charge in [0.25, 0.3) is 16.7 Å². The van der Waals surface area contributed by atoms with Crippen molar-refractivity contribution in [2.24, 2.45) is 5.73 Å². The quantitative estimate of drug-likeness (QED) is 0.0725. The van der Waals surface area contributed by atoms with Gasteiger partial charge in [-0.2, -0.15) is 0 Å². The number of aliphatic carboxylic acids is 1. The first-order chi connectivity index (χ1) is 23.2. The smallest absolute Gasteiger partial charge is 0.328 e. The summed E-state index contributed by atoms with van der Waals surface area (Å²) in [5, 5.41) is 14.5. The molecule has 0 radical (unpaired) electrons. The highest BCUT2D eigenvalue weighted by molar-refractivity contribution is 5.91. The highest BCUT2D eigenvalue weighted by Gasteiger charge is 2.30. The predicted molar refractivity (Wildman–Crippen MR) is 173 cm³/mol. The number of aryl methyl sites for hydroxylation is 1. The summed E-state index contributed by atoms with van der Waals surface area (Å²) in [5.41, 5.74) is 1.44. The fraction of sp³-hybridized carbons (Fsp3) is 0.233. The number of carbonyl (C=O) groups is 3. The van der Waals surface area contributed by atoms with Crippen LogP contribution in [0.3, 0.4) is 0 Å². The van der Waals surface area contributed by atoms with Crippen molar-refractivity contribution in [2.45, 2.75) is 44.7 Å². The Bertz CT molecular complexity index is 2490. The van der Waals surface area contributed by atoms with Crippen molar-refractivity contribution in [3.63, 3.8) is 0 Å². The minimum absolute atomic E-state index is 0.0652. The molecule has 0 saturated carbocycles. The topological polar surface area (TPSA) is 286 Å². The molecule has 5 rings (SSSR count). The summed E-state index contributed by atoms with van der Waals surface area (Å²) < 4.78 is 2.14. The molecule has 0 aliphatic heterocycles. The molecule has 19 nitrogen and oxygen atoms in total. The molecule has 0 bridgehead atoms. The summed E-state index contributed by atoms with van der Waals surface area (Å²) in [4.78, 5) is 122. The molecule has 0 spiro atoms. The number of fused-ring (bicyclic) bond motifs is 2. The molecular weight excluding hydrogens is 646 g/mol. The van der Waals surface area contributed by atoms with E-state index in [-0.39, 0.29) is 27.4 Å². The van der Waals surface area contributed by atoms with Crippen LogP contribution in [0.15, 0.2) is 83.5 Å². The van der Waals surface area contributed by atoms with Crippen LogP contribution in [0.25, 0.3) is 21.8 Å². The molecule has 2 amide bonds. The van der Waals surface area contributed by atoms with Crippen molar-refractivity contribution < 1.29 is 19.5 Å². The SMILES string of the molecule is Cc1cn(C[C@@H](N)C(=O)N[C@H](Cn2c(=O)[nH]c3ccccc3c2=O)C(=O)N[C@H](Cn2c(=O)[nH]c3ccccc3c2=O)C(=O)O)c(=O)[nH]c1=O. The number of hydrogen-bond donors (Lipinski definition) is 7. The lowest BCUT2D eigenvalue weighted by atomic mass is 10.1. The van der Waals surface area contributed by atoms with Crippen LogP contribution in [0.4, 0.5) is 0 Å². The van der Waals surface area contributed by atoms with E-state index in [4.69, 9.17) is 5.73 Å². The van der Waals surface area contributed by atoms with Crippen LogP contribution in [0.5, 0.6) is 0 Å². The van der Waals surface area contributed by atoms with Gasteiger partial charge >= 0.3 is 23.0 Å². The summed E-state index contributed by atoms with van der Waals surface area (Å²) in [5.74, 6) is -3.95. The molecule has 254 valence electrons. The first-order valence-electron chi connectivity index (χ1n) is 14.6. The number of amides is 2. The molecule has 2 aromatic carbocycles. The number of aromatic amines is 3. The Morgan fingerprint density at radius 3 is 1.73 bits per heavy atom. The third kappa shape index (κ3) is 7.05. The highest BCUT2D eigenvalue weighted by Crippen LogP contribution is 2.05. The van der Waals surface area contributed by atoms with Crippen molar-refractivity contribution >= 4 is 39.6 Å². The lowest BCUT2D eigenvalue weighted by Crippen LogP contribution is -2.59. The minimum Gasteiger partial charge on any atom is -0.480 e. The maximum Gasteiger partial charge on any atom is 0.328 e. The predicted octanol–water partition coefficient (Wildman–Crippen LogP) is -3.37. The van der Waals surface area contributed by atoms with Gasteiger partial charge in [-0.05, 0) is 31.2 Å². The van der Waals surface area contributed by atoms with Gasteiger partial charge < -0.3 is 31.4 Å². The molecular formula is C30H29N9O10. The highest BCUT2D eigenvalue weighted by atomic mass is 16.4. The number of nitrogens with one attached hydrogen (secondary N) is 5. The van der Waals surface area contributed by atoms with E-state index < -0.39 is 89.3 Å². The van der Waals surface area contributed by atoms with E-state index in [9.17, 15) is 48.3 Å². The summed E-state index contributed by atoms with van der Waals surface area (Å²) >= 11 is 0. The van der Waals surface area contributed by atoms with E-state index in [0.717, 1.165) is 4.57 Å². The molecule has 3 heterocycles. The van der Waals surface area contributed by atoms with Crippen LogP contribution in [-0.4, -0.2) is 69.7 Å². The largest absolute Gasteiger partial charge is 0.480 e. The maximum absolute atomic E-state index is 13.6. The number of rotatable bonds is 11. The van der Waals surface area contributed by atoms with Gasteiger partial charge in [-0.25, -0.2) is 19.2 Å². The number of para-hydroxylation sites is 2. The number of carbonyl (C=O) groups excluding carboxylic acids is 2. The molecule has 3 aromatic heterocycles. The summed E-state index contributed by atoms with van der Waals surface area (Å²) in [6.07, 6.45) is 1.17. The first-order valence-corrected chi connectivity index (χ1v) is 14.6. The van der Waals surface area contributed by atoms with Crippen LogP contribution >= 0.6 is 0 Å². The number of H-pyrrole nitrogens is 3. The lowest BCUT2D eigenvalue weighted by molar-refractivity contribution is -0.142. The van der Waals surface area contributed by atoms with Gasteiger partial charge in [-0.3, -0.25) is 42.7 Å². The summed E-state index contributed by atoms with van der Waals surface area (Å²) in [7, 11) is 0. The zero-order valence-electron chi connectivity index (χ0n) is 25.6. The Morgan fingerprint density at radius 1 is 0.714 bits per heavy atom. The number of benzene rings is 2. The Hall–Kier alpha value is -6.63. The zero-order chi connectivity index (χ0) is 35.6. The molecule has 0 unspecified atom stereocenters. The Kier molecular flexibility index (Phi) is 9.37. The third-order valence-corrected chi connectivity index (χ3v) is 7.68. The van der Waals surface area contributed by atoms with Gasteiger partial charge in [-0.15, -0.1) is 0 Å². The maximum atomic E-state index is 13.6. The van der Waals surface area contributed by atoms with E-state index in [1.807, 2.05) is 0 Å². The minimum atomic E-state index is -1.92. The van der Waals surface area contributed by atoms with Crippen molar-refractivity contribution in [2.75, 3.05) is 0 Å². The number of aromatic nitrogens is 6. The Labute approximate surface area is 271 Å². The number of carboxylic acids is 1. The Balaban J connectivity index is 1.47. The third-order valence-electron chi connectivity index (χ3n) is 7.68. The van der Waals surface area contributed by atoms with Crippen molar-refractivity contribution in [3.05, 3.63) is 123 Å². The lowest BCUT2D eigenvalue weighted by Gasteiger charge is -2.24. The van der Waals surface area contributed by atoms with Crippen LogP contribution in [0.1, 0.15) is 5.56 Å². The molecule has 0 saturated heterocycles. The molecule has 8 N–H and O–H groups in total. The number of hydrogen-bond acceptors (Lipinski definition) is 10. The monoisotopic (exact) mass is 675 g/mol. The summed E-state index contributed by atoms with van der Waals surface area (Å²) in [6, 6.07) is 6.71. The Morgan fingerprint density at radius 2 is 1.20 bits per heavy atom. The molecule has 0 fully saturated rings. The second-order valence-electron chi connectivity index (χ2n) is 11.1. The van der Waals surface area contributed by atoms with Crippen LogP contribution in [0, 0.1) is 6.92 Å². The van der Waals surface area contributed by atoms with Crippen LogP contribution in [0.2, 0.25) is 0 Å². The fourth-order valence-electron chi connectivity index (χ4n) is 5.07. The van der Waals surface area contributed by atoms with Gasteiger partial charge in [0.1, 0.15) is 18.1 Å². The van der Waals surface area contributed by atoms with Crippen molar-refractivity contribution in [3.8, 4) is 0 Å². The average Bonchev–Trinajstić information content (AvgIpc) is 3.05. The van der Waals surface area contributed by atoms with Gasteiger partial charge in [0.15, 0.2) is 0 Å². The number of carboxylic acid groups (broad SMARTS) is 1. The van der Waals surface area contributed by atoms with E-state index in [2.05, 4.69) is 25.6 Å². The van der Waals surface area contributed by atoms with E-state index in [1.165, 1.54) is 49.5 Å². The normalized spacial score (nSPS) is 13.1. The zero-order valence-corrected chi connectivity index (χ0v) is 25.6. The fourth-order valence-corrected chi connectivity index (χ4v) is 5.07. The summed E-state index contributed by atoms with van der Waals surface area (Å²) in [6.45, 7) is -0.716. The van der Waals surface area contributed by atoms with Gasteiger partial charge in [0.05, 0.1) is 41.4 Å². The number of nitrogens with zero attached hydrogens (tertiary/aromatic N) is 3. The molecule has 49 heavy (non-hydrogen) atoms. The number of nitrogens with two attached hydrogens (primary N) is 1. The molecule has 0 aliphatic rings.